The van der Waals surface area contributed by atoms with Crippen molar-refractivity contribution in [3.05, 3.63) is 78.0 Å². The van der Waals surface area contributed by atoms with Crippen LogP contribution in [0.5, 0.6) is 0 Å². The number of hydrogen-bond donors (Lipinski definition) is 1. The molecule has 0 atom stereocenters. The normalized spacial score (nSPS) is 11.8. The molecule has 6 rings (SSSR count). The van der Waals surface area contributed by atoms with E-state index < -0.39 is 0 Å². The lowest BCUT2D eigenvalue weighted by Gasteiger charge is -2.06. The maximum absolute atomic E-state index is 6.19. The van der Waals surface area contributed by atoms with E-state index in [-0.39, 0.29) is 0 Å². The second-order valence-electron chi connectivity index (χ2n) is 6.70. The Morgan fingerprint density at radius 3 is 2.68 bits per heavy atom. The van der Waals surface area contributed by atoms with Gasteiger partial charge >= 0.3 is 0 Å². The van der Waals surface area contributed by atoms with Crippen LogP contribution in [0.4, 0.5) is 0 Å². The summed E-state index contributed by atoms with van der Waals surface area (Å²) in [6.45, 7) is 0. The average Bonchev–Trinajstić information content (AvgIpc) is 3.43. The number of aromatic nitrogens is 2. The van der Waals surface area contributed by atoms with E-state index in [1.165, 1.54) is 4.70 Å². The van der Waals surface area contributed by atoms with Gasteiger partial charge in [0.05, 0.1) is 22.2 Å². The molecule has 0 radical (unpaired) electrons. The first kappa shape index (κ1) is 15.9. The van der Waals surface area contributed by atoms with Gasteiger partial charge in [-0.15, -0.1) is 11.3 Å². The monoisotopic (exact) mass is 400 g/mol. The van der Waals surface area contributed by atoms with Crippen LogP contribution < -0.4 is 0 Å². The fourth-order valence-electron chi connectivity index (χ4n) is 3.74. The number of rotatable bonds is 2. The minimum Gasteiger partial charge on any atom is -0.464 e. The van der Waals surface area contributed by atoms with Crippen LogP contribution in [0, 0.1) is 0 Å². The van der Waals surface area contributed by atoms with Gasteiger partial charge in [0, 0.05) is 32.4 Å². The van der Waals surface area contributed by atoms with Gasteiger partial charge in [-0.3, -0.25) is 0 Å². The van der Waals surface area contributed by atoms with Crippen molar-refractivity contribution in [2.75, 3.05) is 0 Å². The molecule has 0 unspecified atom stereocenters. The van der Waals surface area contributed by atoms with Gasteiger partial charge in [0.1, 0.15) is 10.6 Å². The number of aromatic amines is 1. The van der Waals surface area contributed by atoms with Gasteiger partial charge in [-0.2, -0.15) is 0 Å². The van der Waals surface area contributed by atoms with Crippen LogP contribution in [0.25, 0.3) is 53.9 Å². The number of benzene rings is 2. The van der Waals surface area contributed by atoms with Crippen molar-refractivity contribution in [3.63, 3.8) is 0 Å². The lowest BCUT2D eigenvalue weighted by atomic mass is 10.0. The van der Waals surface area contributed by atoms with E-state index in [9.17, 15) is 0 Å². The summed E-state index contributed by atoms with van der Waals surface area (Å²) in [6, 6.07) is 22.2. The van der Waals surface area contributed by atoms with Gasteiger partial charge in [-0.05, 0) is 36.4 Å². The Balaban J connectivity index is 1.75. The Bertz CT molecular complexity index is 1460. The first-order valence-electron chi connectivity index (χ1n) is 8.92. The molecule has 0 bridgehead atoms. The van der Waals surface area contributed by atoms with Crippen molar-refractivity contribution >= 4 is 54.3 Å². The third-order valence-corrected chi connectivity index (χ3v) is 6.36. The van der Waals surface area contributed by atoms with E-state index in [4.69, 9.17) is 21.0 Å². The second kappa shape index (κ2) is 5.96. The van der Waals surface area contributed by atoms with Gasteiger partial charge in [0.2, 0.25) is 0 Å². The van der Waals surface area contributed by atoms with Crippen molar-refractivity contribution < 1.29 is 4.42 Å². The number of nitrogens with one attached hydrogen (secondary N) is 1. The molecule has 0 saturated heterocycles. The van der Waals surface area contributed by atoms with Gasteiger partial charge in [0.25, 0.3) is 0 Å². The summed E-state index contributed by atoms with van der Waals surface area (Å²) < 4.78 is 6.96. The van der Waals surface area contributed by atoms with Crippen molar-refractivity contribution in [1.82, 2.24) is 9.97 Å². The molecule has 0 aliphatic rings. The summed E-state index contributed by atoms with van der Waals surface area (Å²) in [5.74, 6) is 0.834. The van der Waals surface area contributed by atoms with E-state index >= 15 is 0 Å². The Morgan fingerprint density at radius 1 is 0.964 bits per heavy atom. The number of halogens is 1. The molecule has 28 heavy (non-hydrogen) atoms. The maximum Gasteiger partial charge on any atom is 0.134 e. The predicted molar refractivity (Wildman–Crippen MR) is 117 cm³/mol. The smallest absolute Gasteiger partial charge is 0.134 e. The number of pyridine rings is 1. The Morgan fingerprint density at radius 2 is 1.86 bits per heavy atom. The van der Waals surface area contributed by atoms with E-state index in [1.54, 1.807) is 17.6 Å². The fourth-order valence-corrected chi connectivity index (χ4v) is 5.11. The summed E-state index contributed by atoms with van der Waals surface area (Å²) in [6.07, 6.45) is 1.71. The van der Waals surface area contributed by atoms with Crippen LogP contribution in [-0.4, -0.2) is 9.97 Å². The predicted octanol–water partition coefficient (Wildman–Crippen LogP) is 7.51. The zero-order valence-electron chi connectivity index (χ0n) is 14.6. The summed E-state index contributed by atoms with van der Waals surface area (Å²) in [4.78, 5) is 9.52. The van der Waals surface area contributed by atoms with Crippen molar-refractivity contribution in [2.45, 2.75) is 0 Å². The Labute approximate surface area is 169 Å². The zero-order chi connectivity index (χ0) is 18.7. The molecule has 0 saturated carbocycles. The molecular weight excluding hydrogens is 388 g/mol. The third-order valence-electron chi connectivity index (χ3n) is 5.00. The van der Waals surface area contributed by atoms with Crippen LogP contribution in [0.2, 0.25) is 5.02 Å². The molecule has 0 aliphatic carbocycles. The minimum atomic E-state index is 0.724. The number of fused-ring (bicyclic) bond motifs is 5. The molecule has 1 N–H and O–H groups in total. The van der Waals surface area contributed by atoms with Crippen molar-refractivity contribution in [3.8, 4) is 22.6 Å². The van der Waals surface area contributed by atoms with Crippen LogP contribution in [0.1, 0.15) is 0 Å². The molecule has 0 spiro atoms. The summed E-state index contributed by atoms with van der Waals surface area (Å²) in [5.41, 5.74) is 5.18. The number of hydrogen-bond acceptors (Lipinski definition) is 3. The number of nitrogens with zero attached hydrogens (tertiary/aromatic N) is 1. The first-order chi connectivity index (χ1) is 13.8. The standard InChI is InChI=1S/C23H13ClN2OS/c24-14-8-9-15-18(11-14)25-21-20-16(19-7-4-10-27-19)12-17(13-5-2-1-3-6-13)26-23(20)28-22(15)21/h1-12,25H. The van der Waals surface area contributed by atoms with Gasteiger partial charge in [0.15, 0.2) is 0 Å². The highest BCUT2D eigenvalue weighted by Gasteiger charge is 2.19. The van der Waals surface area contributed by atoms with Gasteiger partial charge in [-0.1, -0.05) is 41.9 Å². The van der Waals surface area contributed by atoms with Crippen molar-refractivity contribution in [2.24, 2.45) is 0 Å². The van der Waals surface area contributed by atoms with Crippen LogP contribution in [-0.2, 0) is 0 Å². The fraction of sp³-hybridized carbons (Fsp3) is 0. The molecule has 2 aromatic carbocycles. The highest BCUT2D eigenvalue weighted by molar-refractivity contribution is 7.26. The number of thiophene rings is 1. The molecule has 5 heteroatoms. The third kappa shape index (κ3) is 2.32. The molecule has 0 amide bonds. The van der Waals surface area contributed by atoms with Crippen molar-refractivity contribution in [1.29, 1.82) is 0 Å². The lowest BCUT2D eigenvalue weighted by Crippen LogP contribution is -1.87. The second-order valence-corrected chi connectivity index (χ2v) is 8.14. The quantitative estimate of drug-likeness (QED) is 0.326. The van der Waals surface area contributed by atoms with Crippen LogP contribution in [0.3, 0.4) is 0 Å². The topological polar surface area (TPSA) is 41.8 Å². The highest BCUT2D eigenvalue weighted by Crippen LogP contribution is 2.43. The largest absolute Gasteiger partial charge is 0.464 e. The molecule has 0 aliphatic heterocycles. The molecule has 134 valence electrons. The van der Waals surface area contributed by atoms with Gasteiger partial charge in [-0.25, -0.2) is 4.98 Å². The SMILES string of the molecule is Clc1ccc2c(c1)[nH]c1c2sc2nc(-c3ccccc3)cc(-c3ccco3)c21. The lowest BCUT2D eigenvalue weighted by molar-refractivity contribution is 0.583. The first-order valence-corrected chi connectivity index (χ1v) is 10.1. The van der Waals surface area contributed by atoms with E-state index in [0.717, 1.165) is 54.2 Å². The number of H-pyrrole nitrogens is 1. The molecular formula is C23H13ClN2OS. The Kier molecular flexibility index (Phi) is 3.39. The van der Waals surface area contributed by atoms with Crippen LogP contribution >= 0.6 is 22.9 Å². The molecule has 0 fully saturated rings. The summed E-state index contributed by atoms with van der Waals surface area (Å²) in [7, 11) is 0. The average molecular weight is 401 g/mol. The Hall–Kier alpha value is -3.08. The van der Waals surface area contributed by atoms with Gasteiger partial charge < -0.3 is 9.40 Å². The maximum atomic E-state index is 6.19. The minimum absolute atomic E-state index is 0.724. The zero-order valence-corrected chi connectivity index (χ0v) is 16.1. The molecule has 6 aromatic rings. The molecule has 3 nitrogen and oxygen atoms in total. The molecule has 4 heterocycles. The van der Waals surface area contributed by atoms with E-state index in [1.807, 2.05) is 42.5 Å². The summed E-state index contributed by atoms with van der Waals surface area (Å²) >= 11 is 7.89. The summed E-state index contributed by atoms with van der Waals surface area (Å²) in [5, 5.41) is 2.97. The van der Waals surface area contributed by atoms with E-state index in [2.05, 4.69) is 29.2 Å². The molecule has 4 aromatic heterocycles. The number of furan rings is 1. The van der Waals surface area contributed by atoms with E-state index in [0.29, 0.717) is 0 Å². The van der Waals surface area contributed by atoms with Crippen LogP contribution in [0.15, 0.2) is 77.4 Å². The highest BCUT2D eigenvalue weighted by atomic mass is 35.5.